The third kappa shape index (κ3) is 11.9. The lowest BCUT2D eigenvalue weighted by atomic mass is 10.0. The van der Waals surface area contributed by atoms with Crippen molar-refractivity contribution in [1.82, 2.24) is 4.90 Å². The molecular weight excluding hydrogens is 540 g/mol. The lowest BCUT2D eigenvalue weighted by Gasteiger charge is -2.26. The number of benzene rings is 3. The number of hydrogen-bond acceptors (Lipinski definition) is 7. The first-order valence-corrected chi connectivity index (χ1v) is 15.9. The summed E-state index contributed by atoms with van der Waals surface area (Å²) >= 11 is 0. The van der Waals surface area contributed by atoms with Gasteiger partial charge in [0.1, 0.15) is 5.75 Å². The van der Waals surface area contributed by atoms with Crippen LogP contribution >= 0.6 is 0 Å². The van der Waals surface area contributed by atoms with Crippen molar-refractivity contribution in [3.05, 3.63) is 95.1 Å². The summed E-state index contributed by atoms with van der Waals surface area (Å²) < 4.78 is 28.8. The number of aliphatic hydroxyl groups excluding tert-OH is 2. The van der Waals surface area contributed by atoms with E-state index in [1.807, 2.05) is 24.3 Å². The molecule has 0 fully saturated rings. The van der Waals surface area contributed by atoms with E-state index in [9.17, 15) is 23.7 Å². The second kappa shape index (κ2) is 17.2. The summed E-state index contributed by atoms with van der Waals surface area (Å²) in [7, 11) is -3.67. The van der Waals surface area contributed by atoms with Crippen molar-refractivity contribution in [2.45, 2.75) is 69.1 Å². The average Bonchev–Trinajstić information content (AvgIpc) is 2.96. The average molecular weight is 585 g/mol. The van der Waals surface area contributed by atoms with E-state index < -0.39 is 16.1 Å². The summed E-state index contributed by atoms with van der Waals surface area (Å²) in [5.41, 5.74) is 3.24. The van der Waals surface area contributed by atoms with Crippen molar-refractivity contribution >= 4 is 10.0 Å². The molecule has 0 saturated heterocycles. The van der Waals surface area contributed by atoms with Crippen LogP contribution < -0.4 is 5.14 Å². The van der Waals surface area contributed by atoms with Crippen LogP contribution in [0.3, 0.4) is 0 Å². The molecule has 0 aliphatic heterocycles. The summed E-state index contributed by atoms with van der Waals surface area (Å²) in [6.07, 6.45) is 6.04. The van der Waals surface area contributed by atoms with Crippen LogP contribution in [0.5, 0.6) is 5.75 Å². The van der Waals surface area contributed by atoms with Gasteiger partial charge in [-0.2, -0.15) is 0 Å². The lowest BCUT2D eigenvalue weighted by Crippen LogP contribution is -2.29. The lowest BCUT2D eigenvalue weighted by molar-refractivity contribution is 0.106. The molecule has 0 radical (unpaired) electrons. The van der Waals surface area contributed by atoms with Crippen LogP contribution in [0.15, 0.2) is 77.7 Å². The number of rotatable bonds is 19. The Morgan fingerprint density at radius 2 is 1.54 bits per heavy atom. The van der Waals surface area contributed by atoms with E-state index in [1.54, 1.807) is 24.3 Å². The predicted octanol–water partition coefficient (Wildman–Crippen LogP) is 4.67. The Hall–Kier alpha value is -2.79. The number of phenols is 1. The van der Waals surface area contributed by atoms with Gasteiger partial charge in [-0.1, -0.05) is 61.4 Å². The van der Waals surface area contributed by atoms with E-state index in [1.165, 1.54) is 17.7 Å². The molecule has 1 atom stereocenters. The Morgan fingerprint density at radius 1 is 0.829 bits per heavy atom. The smallest absolute Gasteiger partial charge is 0.238 e. The Labute approximate surface area is 244 Å². The summed E-state index contributed by atoms with van der Waals surface area (Å²) in [4.78, 5) is 2.40. The second-order valence-corrected chi connectivity index (χ2v) is 12.0. The number of nitrogens with zero attached hydrogens (tertiary/aromatic N) is 1. The largest absolute Gasteiger partial charge is 0.508 e. The van der Waals surface area contributed by atoms with Crippen LogP contribution in [0.25, 0.3) is 0 Å². The van der Waals surface area contributed by atoms with Crippen LogP contribution in [-0.2, 0) is 34.3 Å². The normalized spacial score (nSPS) is 12.6. The van der Waals surface area contributed by atoms with Crippen molar-refractivity contribution in [2.75, 3.05) is 26.3 Å². The Kier molecular flexibility index (Phi) is 13.8. The summed E-state index contributed by atoms with van der Waals surface area (Å²) in [6.45, 7) is 3.18. The van der Waals surface area contributed by atoms with Gasteiger partial charge in [0.15, 0.2) is 0 Å². The number of aromatic hydroxyl groups is 1. The minimum atomic E-state index is -3.67. The van der Waals surface area contributed by atoms with Gasteiger partial charge in [0.2, 0.25) is 10.0 Å². The quantitative estimate of drug-likeness (QED) is 0.151. The number of aryl methyl sites for hydroxylation is 1. The zero-order valence-corrected chi connectivity index (χ0v) is 24.5. The van der Waals surface area contributed by atoms with Gasteiger partial charge in [-0.3, -0.25) is 4.90 Å². The number of nitrogens with two attached hydrogens (primary N) is 1. The molecule has 0 aliphatic carbocycles. The van der Waals surface area contributed by atoms with Gasteiger partial charge in [0, 0.05) is 31.9 Å². The molecule has 0 aliphatic rings. The molecular formula is C32H44N2O6S. The third-order valence-corrected chi connectivity index (χ3v) is 7.99. The van der Waals surface area contributed by atoms with E-state index in [0.717, 1.165) is 70.2 Å². The highest BCUT2D eigenvalue weighted by molar-refractivity contribution is 7.89. The minimum Gasteiger partial charge on any atom is -0.508 e. The van der Waals surface area contributed by atoms with Crippen LogP contribution in [0.1, 0.15) is 66.9 Å². The molecule has 224 valence electrons. The number of aliphatic hydroxyl groups is 2. The molecule has 0 spiro atoms. The van der Waals surface area contributed by atoms with Crippen LogP contribution in [0.4, 0.5) is 0 Å². The van der Waals surface area contributed by atoms with Gasteiger partial charge < -0.3 is 20.1 Å². The molecule has 0 unspecified atom stereocenters. The van der Waals surface area contributed by atoms with Crippen LogP contribution in [0.2, 0.25) is 0 Å². The SMILES string of the molecule is NS(=O)(=O)c1cccc(CCCCOCCCCCCN(Cc2ccccc2)C[C@H](O)c2ccc(O)c(CO)c2)c1. The topological polar surface area (TPSA) is 133 Å². The molecule has 0 amide bonds. The molecule has 0 saturated carbocycles. The highest BCUT2D eigenvalue weighted by Gasteiger charge is 2.16. The first-order chi connectivity index (χ1) is 19.8. The van der Waals surface area contributed by atoms with E-state index in [4.69, 9.17) is 9.88 Å². The molecule has 9 heteroatoms. The number of ether oxygens (including phenoxy) is 1. The number of hydrogen-bond donors (Lipinski definition) is 4. The van der Waals surface area contributed by atoms with E-state index in [-0.39, 0.29) is 17.3 Å². The maximum absolute atomic E-state index is 11.5. The molecule has 0 aromatic heterocycles. The maximum atomic E-state index is 11.5. The fraction of sp³-hybridized carbons (Fsp3) is 0.438. The second-order valence-electron chi connectivity index (χ2n) is 10.5. The summed E-state index contributed by atoms with van der Waals surface area (Å²) in [5.74, 6) is 0.0294. The van der Waals surface area contributed by atoms with Crippen molar-refractivity contribution in [1.29, 1.82) is 0 Å². The van der Waals surface area contributed by atoms with Crippen molar-refractivity contribution in [3.63, 3.8) is 0 Å². The third-order valence-electron chi connectivity index (χ3n) is 7.08. The molecule has 3 aromatic rings. The first-order valence-electron chi connectivity index (χ1n) is 14.3. The number of unbranched alkanes of at least 4 members (excludes halogenated alkanes) is 4. The van der Waals surface area contributed by atoms with Gasteiger partial charge in [0.05, 0.1) is 17.6 Å². The van der Waals surface area contributed by atoms with Gasteiger partial charge in [-0.05, 0) is 79.6 Å². The Morgan fingerprint density at radius 3 is 2.27 bits per heavy atom. The van der Waals surface area contributed by atoms with E-state index in [2.05, 4.69) is 17.0 Å². The molecule has 3 aromatic carbocycles. The zero-order chi connectivity index (χ0) is 29.5. The van der Waals surface area contributed by atoms with Crippen molar-refractivity contribution in [3.8, 4) is 5.75 Å². The highest BCUT2D eigenvalue weighted by Crippen LogP contribution is 2.24. The minimum absolute atomic E-state index is 0.0294. The molecule has 5 N–H and O–H groups in total. The summed E-state index contributed by atoms with van der Waals surface area (Å²) in [6, 6.07) is 21.9. The van der Waals surface area contributed by atoms with Gasteiger partial charge >= 0.3 is 0 Å². The van der Waals surface area contributed by atoms with Crippen molar-refractivity contribution < 1.29 is 28.5 Å². The van der Waals surface area contributed by atoms with Gasteiger partial charge in [0.25, 0.3) is 0 Å². The molecule has 41 heavy (non-hydrogen) atoms. The maximum Gasteiger partial charge on any atom is 0.238 e. The van der Waals surface area contributed by atoms with Crippen LogP contribution in [0, 0.1) is 0 Å². The van der Waals surface area contributed by atoms with E-state index >= 15 is 0 Å². The fourth-order valence-corrected chi connectivity index (χ4v) is 5.36. The number of sulfonamides is 1. The monoisotopic (exact) mass is 584 g/mol. The molecule has 0 bridgehead atoms. The predicted molar refractivity (Wildman–Crippen MR) is 161 cm³/mol. The first kappa shape index (κ1) is 32.7. The highest BCUT2D eigenvalue weighted by atomic mass is 32.2. The fourth-order valence-electron chi connectivity index (χ4n) is 4.77. The summed E-state index contributed by atoms with van der Waals surface area (Å²) in [5, 5.41) is 35.4. The molecule has 8 nitrogen and oxygen atoms in total. The Bertz CT molecular complexity index is 1290. The standard InChI is InChI=1S/C32H44N2O6S/c33-41(38,39)30-15-10-14-26(21-30)11-6-9-20-40-19-8-2-1-7-18-34(23-27-12-4-3-5-13-27)24-32(37)28-16-17-31(36)29(22-28)25-35/h3-5,10,12-17,21-22,32,35-37H,1-2,6-9,11,18-20,23-25H2,(H2,33,38,39)/t32-/m0/s1. The van der Waals surface area contributed by atoms with Crippen molar-refractivity contribution in [2.24, 2.45) is 5.14 Å². The van der Waals surface area contributed by atoms with Crippen LogP contribution in [-0.4, -0.2) is 54.9 Å². The van der Waals surface area contributed by atoms with Gasteiger partial charge in [-0.15, -0.1) is 0 Å². The molecule has 0 heterocycles. The van der Waals surface area contributed by atoms with E-state index in [0.29, 0.717) is 24.3 Å². The molecule has 3 rings (SSSR count). The Balaban J connectivity index is 1.33. The number of primary sulfonamides is 1. The zero-order valence-electron chi connectivity index (χ0n) is 23.7. The van der Waals surface area contributed by atoms with Gasteiger partial charge in [-0.25, -0.2) is 13.6 Å².